The van der Waals surface area contributed by atoms with E-state index in [-0.39, 0.29) is 18.4 Å². The van der Waals surface area contributed by atoms with Crippen LogP contribution in [0.5, 0.6) is 5.75 Å². The second-order valence-corrected chi connectivity index (χ2v) is 18.5. The van der Waals surface area contributed by atoms with Crippen LogP contribution in [-0.2, 0) is 42.3 Å². The molecule has 0 spiro atoms. The maximum Gasteiger partial charge on any atom is 0.329 e. The largest absolute Gasteiger partial charge is 0.494 e. The van der Waals surface area contributed by atoms with Gasteiger partial charge in [-0.25, -0.2) is 14.8 Å². The monoisotopic (exact) mass is 860 g/mol. The molecule has 328 valence electrons. The Hall–Kier alpha value is -5.88. The summed E-state index contributed by atoms with van der Waals surface area (Å²) in [6.45, 7) is 14.2. The maximum atomic E-state index is 14.2. The number of benzene rings is 3. The zero-order valence-electron chi connectivity index (χ0n) is 37.0. The molecule has 11 nitrogen and oxygen atoms in total. The molecule has 0 aliphatic rings. The molecule has 5 aromatic rings. The first kappa shape index (κ1) is 47.2. The van der Waals surface area contributed by atoms with E-state index in [1.54, 1.807) is 39.2 Å². The van der Waals surface area contributed by atoms with Crippen LogP contribution in [0, 0.1) is 0 Å². The summed E-state index contributed by atoms with van der Waals surface area (Å²) in [4.78, 5) is 65.0. The molecule has 2 atom stereocenters. The topological polar surface area (TPSA) is 146 Å². The van der Waals surface area contributed by atoms with Gasteiger partial charge >= 0.3 is 11.9 Å². The maximum absolute atomic E-state index is 14.2. The van der Waals surface area contributed by atoms with Crippen LogP contribution >= 0.6 is 11.3 Å². The van der Waals surface area contributed by atoms with Gasteiger partial charge in [-0.1, -0.05) is 120 Å². The summed E-state index contributed by atoms with van der Waals surface area (Å²) < 4.78 is 17.0. The lowest BCUT2D eigenvalue weighted by molar-refractivity contribution is -0.162. The normalized spacial score (nSPS) is 12.5. The Morgan fingerprint density at radius 2 is 1.35 bits per heavy atom. The number of aromatic nitrogens is 2. The van der Waals surface area contributed by atoms with Crippen LogP contribution < -0.4 is 15.4 Å². The van der Waals surface area contributed by atoms with E-state index < -0.39 is 47.9 Å². The lowest BCUT2D eigenvalue weighted by Gasteiger charge is -2.26. The van der Waals surface area contributed by atoms with Gasteiger partial charge in [-0.15, -0.1) is 11.3 Å². The fourth-order valence-corrected chi connectivity index (χ4v) is 7.36. The van der Waals surface area contributed by atoms with Crippen LogP contribution in [0.3, 0.4) is 0 Å². The number of rotatable bonds is 20. The lowest BCUT2D eigenvalue weighted by Crippen LogP contribution is -2.53. The third-order valence-electron chi connectivity index (χ3n) is 9.82. The van der Waals surface area contributed by atoms with Crippen molar-refractivity contribution in [3.63, 3.8) is 0 Å². The molecule has 2 aromatic heterocycles. The molecule has 0 fully saturated rings. The molecule has 2 amide bonds. The third kappa shape index (κ3) is 14.9. The van der Waals surface area contributed by atoms with Crippen LogP contribution in [0.1, 0.15) is 113 Å². The van der Waals surface area contributed by atoms with Crippen LogP contribution in [-0.4, -0.2) is 58.0 Å². The molecular weight excluding hydrogens is 801 g/mol. The number of esters is 2. The Bertz CT molecular complexity index is 2210. The quantitative estimate of drug-likeness (QED) is 0.0577. The summed E-state index contributed by atoms with van der Waals surface area (Å²) in [5.41, 5.74) is 3.04. The molecule has 0 aliphatic heterocycles. The highest BCUT2D eigenvalue weighted by Gasteiger charge is 2.33. The molecule has 12 heteroatoms. The lowest BCUT2D eigenvalue weighted by atomic mass is 9.95. The summed E-state index contributed by atoms with van der Waals surface area (Å²) in [7, 11) is 0. The van der Waals surface area contributed by atoms with E-state index in [0.717, 1.165) is 44.9 Å². The molecule has 0 radical (unpaired) electrons. The number of thiophene rings is 1. The number of amides is 2. The van der Waals surface area contributed by atoms with Gasteiger partial charge in [-0.05, 0) is 73.6 Å². The number of carbonyl (C=O) groups excluding carboxylic acids is 4. The van der Waals surface area contributed by atoms with Gasteiger partial charge in [0.1, 0.15) is 30.0 Å². The van der Waals surface area contributed by atoms with Gasteiger partial charge in [-0.2, -0.15) is 0 Å². The average Bonchev–Trinajstić information content (AvgIpc) is 3.76. The van der Waals surface area contributed by atoms with Crippen molar-refractivity contribution in [1.29, 1.82) is 0 Å². The zero-order valence-corrected chi connectivity index (χ0v) is 37.8. The number of hydrogen-bond acceptors (Lipinski definition) is 10. The smallest absolute Gasteiger partial charge is 0.329 e. The summed E-state index contributed by atoms with van der Waals surface area (Å²) >= 11 is 1.35. The molecule has 5 rings (SSSR count). The number of nitrogens with one attached hydrogen (secondary N) is 2. The number of unbranched alkanes of at least 4 members (excludes halogenated alkanes) is 4. The standard InChI is InChI=1S/C50H60N4O7S/c1-8-9-10-11-15-28-59-39-24-22-36(23-25-39)38-31-51-45(52-32-38)37-20-18-34(19-21-37)29-40(53-47(57)42-26-27-43(62-42)49(2,3)4)46(56)54-41(48(58)61-50(5,6)7)30-44(55)60-33-35-16-13-12-14-17-35/h12-14,16-27,31-32,40-41H,8-11,15,28-30,33H2,1-7H3,(H,53,57)(H,54,56)/t40-,41?/m0/s1. The van der Waals surface area contributed by atoms with Crippen molar-refractivity contribution < 1.29 is 33.4 Å². The van der Waals surface area contributed by atoms with Gasteiger partial charge in [0.05, 0.1) is 17.9 Å². The van der Waals surface area contributed by atoms with Crippen molar-refractivity contribution in [3.8, 4) is 28.3 Å². The Balaban J connectivity index is 1.29. The van der Waals surface area contributed by atoms with Crippen molar-refractivity contribution in [2.75, 3.05) is 6.61 Å². The molecule has 1 unspecified atom stereocenters. The fourth-order valence-electron chi connectivity index (χ4n) is 6.39. The summed E-state index contributed by atoms with van der Waals surface area (Å²) in [5.74, 6) is -1.24. The molecule has 0 aliphatic carbocycles. The van der Waals surface area contributed by atoms with E-state index in [0.29, 0.717) is 17.3 Å². The Morgan fingerprint density at radius 3 is 1.98 bits per heavy atom. The van der Waals surface area contributed by atoms with E-state index in [4.69, 9.17) is 14.2 Å². The number of ether oxygens (including phenoxy) is 3. The minimum absolute atomic E-state index is 0.00108. The summed E-state index contributed by atoms with van der Waals surface area (Å²) in [5, 5.41) is 5.59. The van der Waals surface area contributed by atoms with Crippen molar-refractivity contribution >= 4 is 35.1 Å². The highest BCUT2D eigenvalue weighted by atomic mass is 32.1. The zero-order chi connectivity index (χ0) is 44.7. The Labute approximate surface area is 370 Å². The fraction of sp³-hybridized carbons (Fsp3) is 0.400. The van der Waals surface area contributed by atoms with E-state index >= 15 is 0 Å². The summed E-state index contributed by atoms with van der Waals surface area (Å²) in [6.07, 6.45) is 9.12. The van der Waals surface area contributed by atoms with E-state index in [2.05, 4.69) is 48.3 Å². The van der Waals surface area contributed by atoms with Crippen LogP contribution in [0.4, 0.5) is 0 Å². The van der Waals surface area contributed by atoms with E-state index in [9.17, 15) is 19.2 Å². The highest BCUT2D eigenvalue weighted by molar-refractivity contribution is 7.14. The number of carbonyl (C=O) groups is 4. The summed E-state index contributed by atoms with van der Waals surface area (Å²) in [6, 6.07) is 25.6. The van der Waals surface area contributed by atoms with Gasteiger partial charge in [-0.3, -0.25) is 14.4 Å². The second kappa shape index (κ2) is 22.3. The van der Waals surface area contributed by atoms with E-state index in [1.807, 2.05) is 84.9 Å². The van der Waals surface area contributed by atoms with Gasteiger partial charge in [0.25, 0.3) is 5.91 Å². The molecular formula is C50H60N4O7S. The Morgan fingerprint density at radius 1 is 0.694 bits per heavy atom. The van der Waals surface area contributed by atoms with Gasteiger partial charge in [0.15, 0.2) is 5.82 Å². The predicted molar refractivity (Wildman–Crippen MR) is 244 cm³/mol. The highest BCUT2D eigenvalue weighted by Crippen LogP contribution is 2.30. The first-order valence-electron chi connectivity index (χ1n) is 21.4. The Kier molecular flexibility index (Phi) is 17.0. The number of nitrogens with zero attached hydrogens (tertiary/aromatic N) is 2. The van der Waals surface area contributed by atoms with Gasteiger partial charge in [0, 0.05) is 34.8 Å². The minimum Gasteiger partial charge on any atom is -0.494 e. The predicted octanol–water partition coefficient (Wildman–Crippen LogP) is 9.82. The van der Waals surface area contributed by atoms with Gasteiger partial charge < -0.3 is 24.8 Å². The molecule has 62 heavy (non-hydrogen) atoms. The average molecular weight is 861 g/mol. The third-order valence-corrected chi connectivity index (χ3v) is 11.3. The molecule has 0 saturated heterocycles. The molecule has 2 N–H and O–H groups in total. The van der Waals surface area contributed by atoms with Gasteiger partial charge in [0.2, 0.25) is 5.91 Å². The van der Waals surface area contributed by atoms with E-state index in [1.165, 1.54) is 37.0 Å². The molecule has 0 saturated carbocycles. The second-order valence-electron chi connectivity index (χ2n) is 17.4. The number of hydrogen-bond donors (Lipinski definition) is 2. The molecule has 0 bridgehead atoms. The van der Waals surface area contributed by atoms with Crippen molar-refractivity contribution in [2.24, 2.45) is 0 Å². The first-order valence-corrected chi connectivity index (χ1v) is 22.2. The van der Waals surface area contributed by atoms with Crippen molar-refractivity contribution in [3.05, 3.63) is 124 Å². The first-order chi connectivity index (χ1) is 29.6. The SMILES string of the molecule is CCCCCCCOc1ccc(-c2cnc(-c3ccc(C[C@H](NC(=O)c4ccc(C(C)(C)C)s4)C(=O)NC(CC(=O)OCc4ccccc4)C(=O)OC(C)(C)C)cc3)nc2)cc1. The molecule has 3 aromatic carbocycles. The van der Waals surface area contributed by atoms with Crippen LogP contribution in [0.15, 0.2) is 103 Å². The van der Waals surface area contributed by atoms with Crippen molar-refractivity contribution in [2.45, 2.75) is 123 Å². The van der Waals surface area contributed by atoms with Crippen LogP contribution in [0.25, 0.3) is 22.5 Å². The van der Waals surface area contributed by atoms with Crippen molar-refractivity contribution in [1.82, 2.24) is 20.6 Å². The minimum atomic E-state index is -1.38. The molecule has 2 heterocycles. The van der Waals surface area contributed by atoms with Crippen LogP contribution in [0.2, 0.25) is 0 Å².